The van der Waals surface area contributed by atoms with Crippen LogP contribution in [-0.2, 0) is 11.2 Å². The number of aryl methyl sites for hydroxylation is 1. The zero-order valence-electron chi connectivity index (χ0n) is 10.5. The van der Waals surface area contributed by atoms with Crippen LogP contribution in [0.5, 0.6) is 5.75 Å². The molecule has 0 saturated carbocycles. The summed E-state index contributed by atoms with van der Waals surface area (Å²) in [6.45, 7) is -1.41. The molecular formula is C12H11F6NO2. The summed E-state index contributed by atoms with van der Waals surface area (Å²) >= 11 is 0. The predicted molar refractivity (Wildman–Crippen MR) is 60.5 cm³/mol. The third-order valence-corrected chi connectivity index (χ3v) is 2.28. The van der Waals surface area contributed by atoms with Gasteiger partial charge in [0.2, 0.25) is 5.91 Å². The number of nitrogens with one attached hydrogen (secondary N) is 1. The number of amides is 1. The van der Waals surface area contributed by atoms with Crippen molar-refractivity contribution in [2.45, 2.75) is 25.4 Å². The first-order valence-corrected chi connectivity index (χ1v) is 5.73. The van der Waals surface area contributed by atoms with Crippen molar-refractivity contribution in [3.05, 3.63) is 29.8 Å². The number of ether oxygens (including phenoxy) is 1. The molecule has 0 spiro atoms. The number of halogens is 6. The first kappa shape index (κ1) is 17.1. The monoisotopic (exact) mass is 315 g/mol. The highest BCUT2D eigenvalue weighted by Crippen LogP contribution is 2.23. The van der Waals surface area contributed by atoms with E-state index in [1.807, 2.05) is 0 Å². The molecule has 1 aromatic carbocycles. The normalized spacial score (nSPS) is 12.1. The molecule has 3 nitrogen and oxygen atoms in total. The molecule has 21 heavy (non-hydrogen) atoms. The number of hydrogen-bond donors (Lipinski definition) is 1. The first-order chi connectivity index (χ1) is 9.55. The Hall–Kier alpha value is -1.93. The molecule has 1 rings (SSSR count). The van der Waals surface area contributed by atoms with Gasteiger partial charge in [-0.3, -0.25) is 4.79 Å². The summed E-state index contributed by atoms with van der Waals surface area (Å²) < 4.78 is 74.9. The minimum atomic E-state index is -4.79. The third kappa shape index (κ3) is 8.05. The summed E-state index contributed by atoms with van der Waals surface area (Å²) in [6, 6.07) is 4.74. The summed E-state index contributed by atoms with van der Waals surface area (Å²) in [7, 11) is 0. The van der Waals surface area contributed by atoms with Gasteiger partial charge in [-0.2, -0.15) is 13.2 Å². The Morgan fingerprint density at radius 1 is 1.05 bits per heavy atom. The summed E-state index contributed by atoms with van der Waals surface area (Å²) in [5.74, 6) is -1.20. The van der Waals surface area contributed by atoms with Crippen molar-refractivity contribution in [3.8, 4) is 5.75 Å². The number of rotatable bonds is 5. The number of alkyl halides is 6. The molecule has 0 saturated heterocycles. The van der Waals surface area contributed by atoms with Crippen LogP contribution in [0.15, 0.2) is 24.3 Å². The molecule has 0 aliphatic rings. The van der Waals surface area contributed by atoms with Crippen LogP contribution in [0.4, 0.5) is 26.3 Å². The Morgan fingerprint density at radius 3 is 2.10 bits per heavy atom. The maximum Gasteiger partial charge on any atom is 0.573 e. The topological polar surface area (TPSA) is 38.3 Å². The van der Waals surface area contributed by atoms with E-state index in [0.717, 1.165) is 12.1 Å². The fourth-order valence-electron chi connectivity index (χ4n) is 1.40. The van der Waals surface area contributed by atoms with E-state index < -0.39 is 30.7 Å². The standard InChI is InChI=1S/C12H11F6NO2/c13-11(14,15)7-19-10(20)6-3-8-1-4-9(5-2-8)21-12(16,17)18/h1-2,4-5H,3,6-7H2,(H,19,20). The molecule has 0 aliphatic carbocycles. The fraction of sp³-hybridized carbons (Fsp3) is 0.417. The quantitative estimate of drug-likeness (QED) is 0.848. The van der Waals surface area contributed by atoms with Crippen molar-refractivity contribution in [1.82, 2.24) is 5.32 Å². The van der Waals surface area contributed by atoms with Crippen molar-refractivity contribution in [2.24, 2.45) is 0 Å². The summed E-state index contributed by atoms with van der Waals surface area (Å²) in [5.41, 5.74) is 0.506. The summed E-state index contributed by atoms with van der Waals surface area (Å²) in [5, 5.41) is 1.70. The lowest BCUT2D eigenvalue weighted by Gasteiger charge is -2.10. The number of benzene rings is 1. The molecule has 1 aromatic rings. The lowest BCUT2D eigenvalue weighted by Crippen LogP contribution is -2.33. The van der Waals surface area contributed by atoms with Crippen LogP contribution in [-0.4, -0.2) is 25.0 Å². The van der Waals surface area contributed by atoms with Crippen LogP contribution < -0.4 is 10.1 Å². The average molecular weight is 315 g/mol. The molecule has 1 N–H and O–H groups in total. The van der Waals surface area contributed by atoms with Crippen molar-refractivity contribution in [1.29, 1.82) is 0 Å². The van der Waals surface area contributed by atoms with Gasteiger partial charge in [0, 0.05) is 6.42 Å². The van der Waals surface area contributed by atoms with Crippen molar-refractivity contribution in [3.63, 3.8) is 0 Å². The maximum atomic E-state index is 11.9. The maximum absolute atomic E-state index is 11.9. The molecule has 0 radical (unpaired) electrons. The van der Waals surface area contributed by atoms with Gasteiger partial charge < -0.3 is 10.1 Å². The van der Waals surface area contributed by atoms with Crippen LogP contribution in [0.1, 0.15) is 12.0 Å². The Balaban J connectivity index is 2.41. The number of carbonyl (C=O) groups is 1. The molecule has 0 aromatic heterocycles. The van der Waals surface area contributed by atoms with E-state index in [1.54, 1.807) is 5.32 Å². The first-order valence-electron chi connectivity index (χ1n) is 5.73. The van der Waals surface area contributed by atoms with E-state index in [0.29, 0.717) is 5.56 Å². The van der Waals surface area contributed by atoms with Gasteiger partial charge in [-0.25, -0.2) is 0 Å². The fourth-order valence-corrected chi connectivity index (χ4v) is 1.40. The van der Waals surface area contributed by atoms with E-state index >= 15 is 0 Å². The highest BCUT2D eigenvalue weighted by Gasteiger charge is 2.31. The lowest BCUT2D eigenvalue weighted by atomic mass is 10.1. The highest BCUT2D eigenvalue weighted by molar-refractivity contribution is 5.76. The van der Waals surface area contributed by atoms with Crippen molar-refractivity contribution in [2.75, 3.05) is 6.54 Å². The molecule has 0 fully saturated rings. The Bertz CT molecular complexity index is 466. The van der Waals surface area contributed by atoms with E-state index in [2.05, 4.69) is 4.74 Å². The van der Waals surface area contributed by atoms with Gasteiger partial charge in [0.05, 0.1) is 0 Å². The second-order valence-corrected chi connectivity index (χ2v) is 4.08. The van der Waals surface area contributed by atoms with Crippen LogP contribution in [0.2, 0.25) is 0 Å². The van der Waals surface area contributed by atoms with E-state index in [-0.39, 0.29) is 12.8 Å². The van der Waals surface area contributed by atoms with Crippen LogP contribution in [0.3, 0.4) is 0 Å². The molecule has 118 valence electrons. The Kier molecular flexibility index (Phi) is 5.45. The SMILES string of the molecule is O=C(CCc1ccc(OC(F)(F)F)cc1)NCC(F)(F)F. The predicted octanol–water partition coefficient (Wildman–Crippen LogP) is 3.20. The minimum absolute atomic E-state index is 0.107. The second kappa shape index (κ2) is 6.68. The zero-order valence-corrected chi connectivity index (χ0v) is 10.5. The van der Waals surface area contributed by atoms with E-state index in [9.17, 15) is 31.1 Å². The summed E-state index contributed by atoms with van der Waals surface area (Å²) in [4.78, 5) is 11.1. The zero-order chi connectivity index (χ0) is 16.1. The van der Waals surface area contributed by atoms with Crippen LogP contribution in [0.25, 0.3) is 0 Å². The van der Waals surface area contributed by atoms with Gasteiger partial charge in [0.1, 0.15) is 12.3 Å². The largest absolute Gasteiger partial charge is 0.573 e. The van der Waals surface area contributed by atoms with Gasteiger partial charge in [-0.15, -0.1) is 13.2 Å². The number of hydrogen-bond acceptors (Lipinski definition) is 2. The van der Waals surface area contributed by atoms with Crippen LogP contribution in [0, 0.1) is 0 Å². The van der Waals surface area contributed by atoms with Crippen molar-refractivity contribution < 1.29 is 35.9 Å². The van der Waals surface area contributed by atoms with Crippen molar-refractivity contribution >= 4 is 5.91 Å². The Morgan fingerprint density at radius 2 is 1.62 bits per heavy atom. The second-order valence-electron chi connectivity index (χ2n) is 4.08. The average Bonchev–Trinajstić information content (AvgIpc) is 2.33. The lowest BCUT2D eigenvalue weighted by molar-refractivity contribution is -0.274. The van der Waals surface area contributed by atoms with Gasteiger partial charge in [0.15, 0.2) is 0 Å². The summed E-state index contributed by atoms with van der Waals surface area (Å²) in [6.07, 6.45) is -9.36. The smallest absolute Gasteiger partial charge is 0.406 e. The van der Waals surface area contributed by atoms with E-state index in [4.69, 9.17) is 0 Å². The molecule has 0 atom stereocenters. The minimum Gasteiger partial charge on any atom is -0.406 e. The highest BCUT2D eigenvalue weighted by atomic mass is 19.4. The van der Waals surface area contributed by atoms with E-state index in [1.165, 1.54) is 12.1 Å². The van der Waals surface area contributed by atoms with Gasteiger partial charge in [0.25, 0.3) is 0 Å². The number of carbonyl (C=O) groups excluding carboxylic acids is 1. The molecule has 1 amide bonds. The molecule has 0 unspecified atom stereocenters. The van der Waals surface area contributed by atoms with Gasteiger partial charge >= 0.3 is 12.5 Å². The molecular weight excluding hydrogens is 304 g/mol. The molecule has 0 bridgehead atoms. The molecule has 0 aliphatic heterocycles. The molecule has 0 heterocycles. The van der Waals surface area contributed by atoms with Crippen LogP contribution >= 0.6 is 0 Å². The third-order valence-electron chi connectivity index (χ3n) is 2.28. The Labute approximate surface area is 115 Å². The van der Waals surface area contributed by atoms with Gasteiger partial charge in [-0.05, 0) is 24.1 Å². The van der Waals surface area contributed by atoms with Gasteiger partial charge in [-0.1, -0.05) is 12.1 Å². The molecule has 9 heteroatoms.